The maximum Gasteiger partial charge on any atom is 0.335 e. The standard InChI is InChI=1S/C13H9N3O2S/c17-13(18)9-3-1-4-10(7-9)16-11(8-14-15-16)12-5-2-6-19-12/h1-8H,(H,17,18). The van der Waals surface area contributed by atoms with E-state index in [1.807, 2.05) is 17.5 Å². The summed E-state index contributed by atoms with van der Waals surface area (Å²) in [6, 6.07) is 10.5. The summed E-state index contributed by atoms with van der Waals surface area (Å²) in [5.74, 6) is -0.959. The van der Waals surface area contributed by atoms with Crippen molar-refractivity contribution in [1.29, 1.82) is 0 Å². The van der Waals surface area contributed by atoms with Crippen molar-refractivity contribution in [1.82, 2.24) is 15.0 Å². The van der Waals surface area contributed by atoms with E-state index in [0.29, 0.717) is 5.69 Å². The predicted octanol–water partition coefficient (Wildman–Crippen LogP) is 2.69. The smallest absolute Gasteiger partial charge is 0.335 e. The monoisotopic (exact) mass is 271 g/mol. The van der Waals surface area contributed by atoms with E-state index in [-0.39, 0.29) is 5.56 Å². The van der Waals surface area contributed by atoms with Crippen LogP contribution in [0.25, 0.3) is 16.3 Å². The molecular weight excluding hydrogens is 262 g/mol. The van der Waals surface area contributed by atoms with Gasteiger partial charge < -0.3 is 5.11 Å². The molecule has 0 bridgehead atoms. The molecule has 0 spiro atoms. The number of carboxylic acids is 1. The molecular formula is C13H9N3O2S. The molecule has 2 heterocycles. The molecule has 3 aromatic rings. The molecule has 0 fully saturated rings. The third-order valence-electron chi connectivity index (χ3n) is 2.66. The van der Waals surface area contributed by atoms with Crippen LogP contribution in [0.15, 0.2) is 48.0 Å². The number of carbonyl (C=O) groups is 1. The average Bonchev–Trinajstić information content (AvgIpc) is 3.09. The van der Waals surface area contributed by atoms with Crippen molar-refractivity contribution >= 4 is 17.3 Å². The van der Waals surface area contributed by atoms with Gasteiger partial charge in [0.1, 0.15) is 5.69 Å². The number of benzene rings is 1. The second kappa shape index (κ2) is 4.66. The van der Waals surface area contributed by atoms with E-state index in [1.54, 1.807) is 46.5 Å². The molecule has 19 heavy (non-hydrogen) atoms. The lowest BCUT2D eigenvalue weighted by Crippen LogP contribution is -2.02. The normalized spacial score (nSPS) is 10.5. The van der Waals surface area contributed by atoms with Crippen molar-refractivity contribution in [2.24, 2.45) is 0 Å². The molecule has 5 nitrogen and oxygen atoms in total. The predicted molar refractivity (Wildman–Crippen MR) is 71.6 cm³/mol. The van der Waals surface area contributed by atoms with Crippen LogP contribution in [0.2, 0.25) is 0 Å². The van der Waals surface area contributed by atoms with Crippen LogP contribution in [0.5, 0.6) is 0 Å². The summed E-state index contributed by atoms with van der Waals surface area (Å²) in [5, 5.41) is 18.9. The highest BCUT2D eigenvalue weighted by molar-refractivity contribution is 7.13. The summed E-state index contributed by atoms with van der Waals surface area (Å²) in [5.41, 5.74) is 1.75. The molecule has 0 saturated heterocycles. The minimum absolute atomic E-state index is 0.227. The molecule has 2 aromatic heterocycles. The number of hydrogen-bond donors (Lipinski definition) is 1. The summed E-state index contributed by atoms with van der Waals surface area (Å²) in [7, 11) is 0. The second-order valence-corrected chi connectivity index (χ2v) is 4.81. The van der Waals surface area contributed by atoms with E-state index in [1.165, 1.54) is 0 Å². The van der Waals surface area contributed by atoms with E-state index in [9.17, 15) is 4.79 Å². The van der Waals surface area contributed by atoms with Crippen molar-refractivity contribution in [3.8, 4) is 16.3 Å². The van der Waals surface area contributed by atoms with Gasteiger partial charge in [0.2, 0.25) is 0 Å². The maximum absolute atomic E-state index is 11.0. The first kappa shape index (κ1) is 11.6. The van der Waals surface area contributed by atoms with Crippen LogP contribution in [-0.4, -0.2) is 26.1 Å². The minimum atomic E-state index is -0.959. The van der Waals surface area contributed by atoms with Gasteiger partial charge in [-0.15, -0.1) is 16.4 Å². The van der Waals surface area contributed by atoms with Gasteiger partial charge in [-0.25, -0.2) is 9.48 Å². The lowest BCUT2D eigenvalue weighted by Gasteiger charge is -2.05. The number of nitrogens with zero attached hydrogens (tertiary/aromatic N) is 3. The first-order valence-corrected chi connectivity index (χ1v) is 6.42. The molecule has 3 rings (SSSR count). The number of rotatable bonds is 3. The third kappa shape index (κ3) is 2.13. The van der Waals surface area contributed by atoms with Crippen molar-refractivity contribution in [2.75, 3.05) is 0 Å². The Morgan fingerprint density at radius 3 is 2.89 bits per heavy atom. The zero-order valence-electron chi connectivity index (χ0n) is 9.72. The van der Waals surface area contributed by atoms with Gasteiger partial charge in [-0.3, -0.25) is 0 Å². The van der Waals surface area contributed by atoms with Crippen LogP contribution in [0.4, 0.5) is 0 Å². The molecule has 0 aliphatic heterocycles. The first-order chi connectivity index (χ1) is 9.25. The minimum Gasteiger partial charge on any atom is -0.478 e. The average molecular weight is 271 g/mol. The Morgan fingerprint density at radius 2 is 2.16 bits per heavy atom. The lowest BCUT2D eigenvalue weighted by atomic mass is 10.2. The molecule has 1 N–H and O–H groups in total. The van der Waals surface area contributed by atoms with Crippen LogP contribution in [0.1, 0.15) is 10.4 Å². The van der Waals surface area contributed by atoms with Gasteiger partial charge in [0.25, 0.3) is 0 Å². The largest absolute Gasteiger partial charge is 0.478 e. The van der Waals surface area contributed by atoms with Crippen LogP contribution >= 0.6 is 11.3 Å². The van der Waals surface area contributed by atoms with E-state index >= 15 is 0 Å². The fourth-order valence-corrected chi connectivity index (χ4v) is 2.51. The molecule has 0 radical (unpaired) electrons. The summed E-state index contributed by atoms with van der Waals surface area (Å²) >= 11 is 1.58. The Hall–Kier alpha value is -2.47. The number of aromatic carboxylic acids is 1. The summed E-state index contributed by atoms with van der Waals surface area (Å²) < 4.78 is 1.64. The zero-order chi connectivity index (χ0) is 13.2. The van der Waals surface area contributed by atoms with Crippen molar-refractivity contribution in [3.63, 3.8) is 0 Å². The Labute approximate surface area is 112 Å². The summed E-state index contributed by atoms with van der Waals surface area (Å²) in [4.78, 5) is 12.0. The lowest BCUT2D eigenvalue weighted by molar-refractivity contribution is 0.0697. The molecule has 0 unspecified atom stereocenters. The fraction of sp³-hybridized carbons (Fsp3) is 0. The number of carboxylic acid groups (broad SMARTS) is 1. The third-order valence-corrected chi connectivity index (χ3v) is 3.55. The van der Waals surface area contributed by atoms with E-state index in [0.717, 1.165) is 10.6 Å². The molecule has 6 heteroatoms. The van der Waals surface area contributed by atoms with Crippen LogP contribution in [0, 0.1) is 0 Å². The molecule has 0 atom stereocenters. The number of thiophene rings is 1. The Bertz CT molecular complexity index is 719. The van der Waals surface area contributed by atoms with E-state index in [4.69, 9.17) is 5.11 Å². The molecule has 94 valence electrons. The Balaban J connectivity index is 2.11. The van der Waals surface area contributed by atoms with Gasteiger partial charge in [0.15, 0.2) is 0 Å². The summed E-state index contributed by atoms with van der Waals surface area (Å²) in [6.07, 6.45) is 1.67. The number of hydrogen-bond acceptors (Lipinski definition) is 4. The van der Waals surface area contributed by atoms with E-state index < -0.39 is 5.97 Å². The number of aromatic nitrogens is 3. The van der Waals surface area contributed by atoms with Crippen LogP contribution < -0.4 is 0 Å². The highest BCUT2D eigenvalue weighted by Crippen LogP contribution is 2.25. The van der Waals surface area contributed by atoms with Gasteiger partial charge in [-0.2, -0.15) is 0 Å². The van der Waals surface area contributed by atoms with Gasteiger partial charge in [-0.05, 0) is 29.6 Å². The molecule has 1 aromatic carbocycles. The van der Waals surface area contributed by atoms with E-state index in [2.05, 4.69) is 10.3 Å². The van der Waals surface area contributed by atoms with Crippen LogP contribution in [0.3, 0.4) is 0 Å². The van der Waals surface area contributed by atoms with Crippen molar-refractivity contribution in [2.45, 2.75) is 0 Å². The van der Waals surface area contributed by atoms with Gasteiger partial charge in [0.05, 0.1) is 22.3 Å². The highest BCUT2D eigenvalue weighted by Gasteiger charge is 2.11. The Morgan fingerprint density at radius 1 is 1.26 bits per heavy atom. The van der Waals surface area contributed by atoms with Crippen molar-refractivity contribution < 1.29 is 9.90 Å². The first-order valence-electron chi connectivity index (χ1n) is 5.54. The second-order valence-electron chi connectivity index (χ2n) is 3.86. The SMILES string of the molecule is O=C(O)c1cccc(-n2nncc2-c2cccs2)c1. The van der Waals surface area contributed by atoms with Gasteiger partial charge in [-0.1, -0.05) is 17.3 Å². The van der Waals surface area contributed by atoms with Crippen molar-refractivity contribution in [3.05, 3.63) is 53.5 Å². The van der Waals surface area contributed by atoms with Crippen LogP contribution in [-0.2, 0) is 0 Å². The molecule has 0 aliphatic carbocycles. The zero-order valence-corrected chi connectivity index (χ0v) is 10.5. The van der Waals surface area contributed by atoms with Gasteiger partial charge >= 0.3 is 5.97 Å². The molecule has 0 saturated carbocycles. The topological polar surface area (TPSA) is 68.0 Å². The molecule has 0 aliphatic rings. The highest BCUT2D eigenvalue weighted by atomic mass is 32.1. The molecule has 0 amide bonds. The Kier molecular flexibility index (Phi) is 2.85. The fourth-order valence-electron chi connectivity index (χ4n) is 1.79. The van der Waals surface area contributed by atoms with Gasteiger partial charge in [0, 0.05) is 0 Å². The quantitative estimate of drug-likeness (QED) is 0.795. The summed E-state index contributed by atoms with van der Waals surface area (Å²) in [6.45, 7) is 0. The maximum atomic E-state index is 11.0.